The van der Waals surface area contributed by atoms with E-state index >= 15 is 0 Å². The molecule has 5 nitrogen and oxygen atoms in total. The lowest BCUT2D eigenvalue weighted by Crippen LogP contribution is -2.30. The van der Waals surface area contributed by atoms with Crippen molar-refractivity contribution >= 4 is 18.0 Å². The summed E-state index contributed by atoms with van der Waals surface area (Å²) < 4.78 is 2.08. The molecule has 1 aromatic heterocycles. The predicted octanol–water partition coefficient (Wildman–Crippen LogP) is 3.43. The highest BCUT2D eigenvalue weighted by Crippen LogP contribution is 2.20. The number of amides is 1. The van der Waals surface area contributed by atoms with E-state index in [-0.39, 0.29) is 12.5 Å². The topological polar surface area (TPSA) is 51.5 Å². The number of carbonyl (C=O) groups excluding carboxylic acids is 2. The fourth-order valence-corrected chi connectivity index (χ4v) is 2.53. The number of hydrogen-bond acceptors (Lipinski definition) is 3. The number of aromatic nitrogens is 1. The smallest absolute Gasteiger partial charge is 0.329 e. The minimum absolute atomic E-state index is 0.212. The van der Waals surface area contributed by atoms with Gasteiger partial charge in [0.25, 0.3) is 5.91 Å². The molecule has 0 unspecified atom stereocenters. The highest BCUT2D eigenvalue weighted by atomic mass is 16.7. The number of hydrogen-bond donors (Lipinski definition) is 0. The Balaban J connectivity index is 2.11. The van der Waals surface area contributed by atoms with Crippen molar-refractivity contribution in [1.82, 2.24) is 9.63 Å². The van der Waals surface area contributed by atoms with E-state index in [0.717, 1.165) is 10.6 Å². The van der Waals surface area contributed by atoms with Gasteiger partial charge in [0.2, 0.25) is 0 Å². The standard InChI is InChI=1S/C19H22N2O3/c1-14-7-5-8-15(2)19(14)20-12-10-18(13-20)9-6-11-21(16(3)22)24-17(4)23/h5-10,12-13H,11H2,1-4H3. The van der Waals surface area contributed by atoms with Crippen molar-refractivity contribution < 1.29 is 14.4 Å². The van der Waals surface area contributed by atoms with Gasteiger partial charge >= 0.3 is 5.97 Å². The first-order valence-electron chi connectivity index (χ1n) is 7.76. The summed E-state index contributed by atoms with van der Waals surface area (Å²) >= 11 is 0. The lowest BCUT2D eigenvalue weighted by molar-refractivity contribution is -0.192. The Bertz CT molecular complexity index is 754. The minimum Gasteiger partial charge on any atom is -0.338 e. The third-order valence-corrected chi connectivity index (χ3v) is 3.58. The molecule has 0 aliphatic heterocycles. The second kappa shape index (κ2) is 7.64. The van der Waals surface area contributed by atoms with E-state index in [1.807, 2.05) is 30.6 Å². The van der Waals surface area contributed by atoms with E-state index in [4.69, 9.17) is 4.84 Å². The summed E-state index contributed by atoms with van der Waals surface area (Å²) in [6, 6.07) is 8.21. The van der Waals surface area contributed by atoms with Gasteiger partial charge in [-0.25, -0.2) is 0 Å². The van der Waals surface area contributed by atoms with Crippen LogP contribution >= 0.6 is 0 Å². The van der Waals surface area contributed by atoms with Crippen molar-refractivity contribution in [2.24, 2.45) is 0 Å². The molecule has 0 saturated carbocycles. The van der Waals surface area contributed by atoms with E-state index in [0.29, 0.717) is 0 Å². The second-order valence-electron chi connectivity index (χ2n) is 5.66. The van der Waals surface area contributed by atoms with Crippen molar-refractivity contribution in [1.29, 1.82) is 0 Å². The van der Waals surface area contributed by atoms with Crippen molar-refractivity contribution in [2.75, 3.05) is 6.54 Å². The Kier molecular flexibility index (Phi) is 5.58. The molecule has 0 fully saturated rings. The van der Waals surface area contributed by atoms with Crippen molar-refractivity contribution in [3.8, 4) is 5.69 Å². The zero-order valence-corrected chi connectivity index (χ0v) is 14.4. The van der Waals surface area contributed by atoms with Gasteiger partial charge < -0.3 is 9.40 Å². The fourth-order valence-electron chi connectivity index (χ4n) is 2.53. The van der Waals surface area contributed by atoms with Gasteiger partial charge in [-0.05, 0) is 36.6 Å². The number of para-hydroxylation sites is 1. The third kappa shape index (κ3) is 4.35. The van der Waals surface area contributed by atoms with E-state index in [1.54, 1.807) is 6.08 Å². The molecule has 0 aliphatic carbocycles. The Morgan fingerprint density at radius 1 is 1.17 bits per heavy atom. The van der Waals surface area contributed by atoms with Crippen LogP contribution in [0, 0.1) is 13.8 Å². The van der Waals surface area contributed by atoms with Gasteiger partial charge in [-0.2, -0.15) is 5.06 Å². The summed E-state index contributed by atoms with van der Waals surface area (Å²) in [6.45, 7) is 7.01. The highest BCUT2D eigenvalue weighted by Gasteiger charge is 2.10. The van der Waals surface area contributed by atoms with Crippen molar-refractivity contribution in [2.45, 2.75) is 27.7 Å². The Morgan fingerprint density at radius 2 is 1.83 bits per heavy atom. The van der Waals surface area contributed by atoms with Crippen LogP contribution in [0.25, 0.3) is 11.8 Å². The molecular weight excluding hydrogens is 304 g/mol. The molecule has 0 N–H and O–H groups in total. The first-order chi connectivity index (χ1) is 11.4. The highest BCUT2D eigenvalue weighted by molar-refractivity contribution is 5.75. The molecule has 0 bridgehead atoms. The molecular formula is C19H22N2O3. The number of carbonyl (C=O) groups is 2. The van der Waals surface area contributed by atoms with Crippen molar-refractivity contribution in [3.05, 3.63) is 59.4 Å². The molecule has 5 heteroatoms. The first-order valence-corrected chi connectivity index (χ1v) is 7.76. The molecule has 126 valence electrons. The first kappa shape index (κ1) is 17.5. The molecule has 2 aromatic rings. The van der Waals surface area contributed by atoms with Gasteiger partial charge in [-0.15, -0.1) is 0 Å². The van der Waals surface area contributed by atoms with E-state index in [2.05, 4.69) is 30.5 Å². The average Bonchev–Trinajstić information content (AvgIpc) is 2.94. The van der Waals surface area contributed by atoms with Gasteiger partial charge in [-0.1, -0.05) is 30.4 Å². The fraction of sp³-hybridized carbons (Fsp3) is 0.263. The maximum atomic E-state index is 11.4. The van der Waals surface area contributed by atoms with Crippen LogP contribution in [0.3, 0.4) is 0 Å². The van der Waals surface area contributed by atoms with Crippen LogP contribution in [0.2, 0.25) is 0 Å². The van der Waals surface area contributed by atoms with Crippen LogP contribution in [0.4, 0.5) is 0 Å². The van der Waals surface area contributed by atoms with Crippen molar-refractivity contribution in [3.63, 3.8) is 0 Å². The molecule has 24 heavy (non-hydrogen) atoms. The largest absolute Gasteiger partial charge is 0.338 e. The summed E-state index contributed by atoms with van der Waals surface area (Å²) in [5, 5.41) is 1.03. The summed E-state index contributed by atoms with van der Waals surface area (Å²) in [4.78, 5) is 27.2. The summed E-state index contributed by atoms with van der Waals surface area (Å²) in [6.07, 6.45) is 7.71. The lowest BCUT2D eigenvalue weighted by Gasteiger charge is -2.16. The molecule has 0 atom stereocenters. The third-order valence-electron chi connectivity index (χ3n) is 3.58. The SMILES string of the molecule is CC(=O)ON(CC=Cc1ccn(-c2c(C)cccc2C)c1)C(C)=O. The number of nitrogens with zero attached hydrogens (tertiary/aromatic N) is 2. The van der Waals surface area contributed by atoms with E-state index < -0.39 is 5.97 Å². The monoisotopic (exact) mass is 326 g/mol. The predicted molar refractivity (Wildman–Crippen MR) is 93.4 cm³/mol. The van der Waals surface area contributed by atoms with Crippen LogP contribution in [0.5, 0.6) is 0 Å². The van der Waals surface area contributed by atoms with Gasteiger partial charge in [-0.3, -0.25) is 9.59 Å². The van der Waals surface area contributed by atoms with Crippen LogP contribution in [-0.2, 0) is 14.4 Å². The van der Waals surface area contributed by atoms with Crippen LogP contribution in [-0.4, -0.2) is 28.1 Å². The minimum atomic E-state index is -0.514. The maximum absolute atomic E-state index is 11.4. The molecule has 2 rings (SSSR count). The zero-order valence-electron chi connectivity index (χ0n) is 14.4. The van der Waals surface area contributed by atoms with Gasteiger partial charge in [0.15, 0.2) is 0 Å². The lowest BCUT2D eigenvalue weighted by atomic mass is 10.1. The van der Waals surface area contributed by atoms with Gasteiger partial charge in [0, 0.05) is 26.2 Å². The summed E-state index contributed by atoms with van der Waals surface area (Å²) in [7, 11) is 0. The van der Waals surface area contributed by atoms with Gasteiger partial charge in [0.05, 0.1) is 12.2 Å². The molecule has 0 saturated heterocycles. The Morgan fingerprint density at radius 3 is 2.42 bits per heavy atom. The molecule has 0 spiro atoms. The average molecular weight is 326 g/mol. The van der Waals surface area contributed by atoms with Gasteiger partial charge in [0.1, 0.15) is 0 Å². The maximum Gasteiger partial charge on any atom is 0.329 e. The Hall–Kier alpha value is -2.82. The Labute approximate surface area is 142 Å². The van der Waals surface area contributed by atoms with E-state index in [9.17, 15) is 9.59 Å². The summed E-state index contributed by atoms with van der Waals surface area (Å²) in [5.41, 5.74) is 4.59. The second-order valence-corrected chi connectivity index (χ2v) is 5.66. The molecule has 0 aliphatic rings. The number of hydroxylamine groups is 2. The van der Waals surface area contributed by atoms with Crippen LogP contribution in [0.1, 0.15) is 30.5 Å². The molecule has 1 heterocycles. The number of aryl methyl sites for hydroxylation is 2. The number of rotatable bonds is 4. The molecule has 0 radical (unpaired) electrons. The van der Waals surface area contributed by atoms with Crippen LogP contribution < -0.4 is 0 Å². The van der Waals surface area contributed by atoms with Crippen LogP contribution in [0.15, 0.2) is 42.7 Å². The molecule has 1 aromatic carbocycles. The quantitative estimate of drug-likeness (QED) is 0.809. The van der Waals surface area contributed by atoms with E-state index in [1.165, 1.54) is 30.7 Å². The molecule has 1 amide bonds. The normalized spacial score (nSPS) is 10.8. The number of benzene rings is 1. The summed E-state index contributed by atoms with van der Waals surface area (Å²) in [5.74, 6) is -0.831. The zero-order chi connectivity index (χ0) is 17.7.